The van der Waals surface area contributed by atoms with Crippen molar-refractivity contribution in [1.29, 1.82) is 0 Å². The molecule has 0 unspecified atom stereocenters. The highest BCUT2D eigenvalue weighted by atomic mass is 35.5. The molecule has 154 valence electrons. The van der Waals surface area contributed by atoms with Crippen LogP contribution in [0.5, 0.6) is 5.75 Å². The van der Waals surface area contributed by atoms with Gasteiger partial charge in [-0.3, -0.25) is 9.59 Å². The second-order valence-electron chi connectivity index (χ2n) is 7.01. The predicted octanol–water partition coefficient (Wildman–Crippen LogP) is 3.83. The fourth-order valence-electron chi connectivity index (χ4n) is 3.35. The van der Waals surface area contributed by atoms with E-state index in [0.717, 1.165) is 11.3 Å². The highest BCUT2D eigenvalue weighted by Gasteiger charge is 2.24. The standard InChI is InChI=1S/C23H21ClN2O4/c24-18-7-4-8-19(13-18)25-9-11-26(12-10-25)23(28)21-14-20(27)22(16-30-21)29-15-17-5-2-1-3-6-17/h1-8,13-14,16H,9-12,15H2. The molecule has 1 fully saturated rings. The topological polar surface area (TPSA) is 63.0 Å². The lowest BCUT2D eigenvalue weighted by atomic mass is 10.2. The van der Waals surface area contributed by atoms with Crippen LogP contribution in [0, 0.1) is 0 Å². The summed E-state index contributed by atoms with van der Waals surface area (Å²) in [6.07, 6.45) is 1.21. The van der Waals surface area contributed by atoms with Crippen LogP contribution < -0.4 is 15.1 Å². The monoisotopic (exact) mass is 424 g/mol. The van der Waals surface area contributed by atoms with E-state index in [9.17, 15) is 9.59 Å². The number of ether oxygens (including phenoxy) is 1. The van der Waals surface area contributed by atoms with Crippen molar-refractivity contribution in [2.24, 2.45) is 0 Å². The van der Waals surface area contributed by atoms with Gasteiger partial charge >= 0.3 is 0 Å². The molecule has 1 amide bonds. The van der Waals surface area contributed by atoms with Crippen molar-refractivity contribution in [2.75, 3.05) is 31.1 Å². The molecule has 0 aliphatic carbocycles. The van der Waals surface area contributed by atoms with Crippen LogP contribution in [-0.4, -0.2) is 37.0 Å². The zero-order chi connectivity index (χ0) is 20.9. The molecule has 2 aromatic carbocycles. The Hall–Kier alpha value is -3.25. The molecule has 2 heterocycles. The second kappa shape index (κ2) is 9.05. The molecule has 0 radical (unpaired) electrons. The minimum absolute atomic E-state index is 0.0169. The Bertz CT molecular complexity index is 1080. The van der Waals surface area contributed by atoms with Crippen LogP contribution in [-0.2, 0) is 6.61 Å². The molecule has 1 aliphatic rings. The number of benzene rings is 2. The van der Waals surface area contributed by atoms with Gasteiger partial charge in [-0.2, -0.15) is 0 Å². The molecule has 1 aliphatic heterocycles. The molecule has 7 heteroatoms. The zero-order valence-electron chi connectivity index (χ0n) is 16.3. The predicted molar refractivity (Wildman–Crippen MR) is 115 cm³/mol. The van der Waals surface area contributed by atoms with Gasteiger partial charge in [0.15, 0.2) is 5.76 Å². The number of nitrogens with zero attached hydrogens (tertiary/aromatic N) is 2. The normalized spacial score (nSPS) is 13.9. The van der Waals surface area contributed by atoms with Gasteiger partial charge in [0.2, 0.25) is 11.2 Å². The first kappa shape index (κ1) is 20.0. The lowest BCUT2D eigenvalue weighted by Gasteiger charge is -2.35. The molecule has 0 N–H and O–H groups in total. The molecule has 0 saturated carbocycles. The first-order valence-electron chi connectivity index (χ1n) is 9.69. The molecule has 4 rings (SSSR count). The molecule has 3 aromatic rings. The summed E-state index contributed by atoms with van der Waals surface area (Å²) < 4.78 is 10.9. The van der Waals surface area contributed by atoms with Gasteiger partial charge in [-0.1, -0.05) is 48.0 Å². The quantitative estimate of drug-likeness (QED) is 0.622. The largest absolute Gasteiger partial charge is 0.482 e. The van der Waals surface area contributed by atoms with Crippen LogP contribution in [0.2, 0.25) is 5.02 Å². The van der Waals surface area contributed by atoms with E-state index in [0.29, 0.717) is 31.2 Å². The fraction of sp³-hybridized carbons (Fsp3) is 0.217. The molecule has 0 bridgehead atoms. The number of carbonyl (C=O) groups excluding carboxylic acids is 1. The van der Waals surface area contributed by atoms with Crippen molar-refractivity contribution >= 4 is 23.2 Å². The summed E-state index contributed by atoms with van der Waals surface area (Å²) in [6.45, 7) is 2.66. The maximum absolute atomic E-state index is 12.8. The Morgan fingerprint density at radius 1 is 1.00 bits per heavy atom. The summed E-state index contributed by atoms with van der Waals surface area (Å²) in [5, 5.41) is 0.683. The summed E-state index contributed by atoms with van der Waals surface area (Å²) in [5.41, 5.74) is 1.59. The van der Waals surface area contributed by atoms with Crippen LogP contribution in [0.4, 0.5) is 5.69 Å². The van der Waals surface area contributed by atoms with E-state index in [1.54, 1.807) is 4.90 Å². The summed E-state index contributed by atoms with van der Waals surface area (Å²) >= 11 is 6.06. The number of hydrogen-bond donors (Lipinski definition) is 0. The van der Waals surface area contributed by atoms with Gasteiger partial charge in [-0.05, 0) is 23.8 Å². The number of carbonyl (C=O) groups is 1. The molecule has 6 nitrogen and oxygen atoms in total. The van der Waals surface area contributed by atoms with E-state index in [1.165, 1.54) is 12.3 Å². The van der Waals surface area contributed by atoms with Crippen LogP contribution >= 0.6 is 11.6 Å². The highest BCUT2D eigenvalue weighted by Crippen LogP contribution is 2.21. The third kappa shape index (κ3) is 4.66. The average Bonchev–Trinajstić information content (AvgIpc) is 2.78. The number of halogens is 1. The Morgan fingerprint density at radius 2 is 1.77 bits per heavy atom. The molecular formula is C23H21ClN2O4. The summed E-state index contributed by atoms with van der Waals surface area (Å²) in [4.78, 5) is 29.0. The first-order chi connectivity index (χ1) is 14.6. The molecule has 1 saturated heterocycles. The number of amides is 1. The van der Waals surface area contributed by atoms with Crippen molar-refractivity contribution < 1.29 is 13.9 Å². The van der Waals surface area contributed by atoms with Crippen molar-refractivity contribution in [3.63, 3.8) is 0 Å². The third-order valence-electron chi connectivity index (χ3n) is 4.99. The molecule has 0 spiro atoms. The lowest BCUT2D eigenvalue weighted by Crippen LogP contribution is -2.48. The van der Waals surface area contributed by atoms with Gasteiger partial charge in [0.1, 0.15) is 12.9 Å². The van der Waals surface area contributed by atoms with Gasteiger partial charge < -0.3 is 19.0 Å². The van der Waals surface area contributed by atoms with Crippen LogP contribution in [0.25, 0.3) is 0 Å². The molecule has 1 aromatic heterocycles. The minimum atomic E-state index is -0.377. The van der Waals surface area contributed by atoms with Crippen LogP contribution in [0.3, 0.4) is 0 Å². The average molecular weight is 425 g/mol. The Morgan fingerprint density at radius 3 is 2.47 bits per heavy atom. The van der Waals surface area contributed by atoms with Crippen molar-refractivity contribution in [1.82, 2.24) is 4.90 Å². The van der Waals surface area contributed by atoms with E-state index in [4.69, 9.17) is 20.8 Å². The smallest absolute Gasteiger partial charge is 0.289 e. The maximum atomic E-state index is 12.8. The SMILES string of the molecule is O=C(c1cc(=O)c(OCc2ccccc2)co1)N1CCN(c2cccc(Cl)c2)CC1. The Balaban J connectivity index is 1.37. The summed E-state index contributed by atoms with van der Waals surface area (Å²) in [5.74, 6) is -0.197. The van der Waals surface area contributed by atoms with E-state index >= 15 is 0 Å². The maximum Gasteiger partial charge on any atom is 0.289 e. The van der Waals surface area contributed by atoms with E-state index in [2.05, 4.69) is 4.90 Å². The second-order valence-corrected chi connectivity index (χ2v) is 7.44. The van der Waals surface area contributed by atoms with E-state index in [1.807, 2.05) is 54.6 Å². The van der Waals surface area contributed by atoms with Gasteiger partial charge in [0.05, 0.1) is 0 Å². The summed E-state index contributed by atoms with van der Waals surface area (Å²) in [7, 11) is 0. The van der Waals surface area contributed by atoms with Crippen molar-refractivity contribution in [3.8, 4) is 5.75 Å². The fourth-order valence-corrected chi connectivity index (χ4v) is 3.53. The van der Waals surface area contributed by atoms with E-state index in [-0.39, 0.29) is 29.5 Å². The summed E-state index contributed by atoms with van der Waals surface area (Å²) in [6, 6.07) is 18.4. The third-order valence-corrected chi connectivity index (χ3v) is 5.22. The molecule has 30 heavy (non-hydrogen) atoms. The van der Waals surface area contributed by atoms with Gasteiger partial charge in [0, 0.05) is 43.0 Å². The molecular weight excluding hydrogens is 404 g/mol. The van der Waals surface area contributed by atoms with Crippen LogP contribution in [0.1, 0.15) is 16.1 Å². The Kier molecular flexibility index (Phi) is 6.05. The lowest BCUT2D eigenvalue weighted by molar-refractivity contribution is 0.0711. The molecule has 0 atom stereocenters. The van der Waals surface area contributed by atoms with Gasteiger partial charge in [-0.25, -0.2) is 0 Å². The van der Waals surface area contributed by atoms with Gasteiger partial charge in [0.25, 0.3) is 5.91 Å². The van der Waals surface area contributed by atoms with E-state index < -0.39 is 0 Å². The highest BCUT2D eigenvalue weighted by molar-refractivity contribution is 6.30. The number of rotatable bonds is 5. The van der Waals surface area contributed by atoms with Gasteiger partial charge in [-0.15, -0.1) is 0 Å². The number of hydrogen-bond acceptors (Lipinski definition) is 5. The van der Waals surface area contributed by atoms with Crippen LogP contribution in [0.15, 0.2) is 76.1 Å². The minimum Gasteiger partial charge on any atom is -0.482 e. The Labute approximate surface area is 179 Å². The first-order valence-corrected chi connectivity index (χ1v) is 10.1. The number of piperazine rings is 1. The number of anilines is 1. The van der Waals surface area contributed by atoms with Crippen molar-refractivity contribution in [3.05, 3.63) is 93.5 Å². The van der Waals surface area contributed by atoms with Crippen molar-refractivity contribution in [2.45, 2.75) is 6.61 Å². The zero-order valence-corrected chi connectivity index (χ0v) is 17.0.